The van der Waals surface area contributed by atoms with Crippen LogP contribution in [-0.4, -0.2) is 42.3 Å². The van der Waals surface area contributed by atoms with E-state index in [4.69, 9.17) is 0 Å². The summed E-state index contributed by atoms with van der Waals surface area (Å²) < 4.78 is 5.73. The Labute approximate surface area is 155 Å². The Kier molecular flexibility index (Phi) is 8.64. The molecule has 0 amide bonds. The van der Waals surface area contributed by atoms with E-state index in [1.54, 1.807) is 8.83 Å². The van der Waals surface area contributed by atoms with Crippen molar-refractivity contribution in [2.24, 2.45) is 0 Å². The Balaban J connectivity index is 0.000000545. The third kappa shape index (κ3) is 5.14. The van der Waals surface area contributed by atoms with Gasteiger partial charge in [0.1, 0.15) is 0 Å². The zero-order valence-corrected chi connectivity index (χ0v) is 18.3. The van der Waals surface area contributed by atoms with Crippen molar-refractivity contribution in [1.29, 1.82) is 0 Å². The van der Waals surface area contributed by atoms with Gasteiger partial charge in [0, 0.05) is 7.11 Å². The molecular weight excluding hydrogens is 481 g/mol. The summed E-state index contributed by atoms with van der Waals surface area (Å²) in [6.07, 6.45) is 14.6. The Morgan fingerprint density at radius 3 is 1.95 bits per heavy atom. The molecule has 22 heavy (non-hydrogen) atoms. The van der Waals surface area contributed by atoms with E-state index in [1.807, 2.05) is 5.56 Å². The van der Waals surface area contributed by atoms with Gasteiger partial charge in [-0.15, -0.1) is 0 Å². The third-order valence-corrected chi connectivity index (χ3v) is 6.69. The van der Waals surface area contributed by atoms with Gasteiger partial charge in [0.2, 0.25) is 10.5 Å². The number of benzene rings is 1. The minimum absolute atomic E-state index is 0.884. The zero-order chi connectivity index (χ0) is 15.8. The molecule has 2 aliphatic rings. The molecule has 1 aromatic carbocycles. The summed E-state index contributed by atoms with van der Waals surface area (Å²) in [5.74, 6) is 1.78. The van der Waals surface area contributed by atoms with Gasteiger partial charge in [-0.3, -0.25) is 0 Å². The fourth-order valence-corrected chi connectivity index (χ4v) is 5.72. The monoisotopic (exact) mass is 509 g/mol. The van der Waals surface area contributed by atoms with Crippen LogP contribution in [0.2, 0.25) is 0 Å². The van der Waals surface area contributed by atoms with Crippen molar-refractivity contribution in [2.75, 3.05) is 7.11 Å². The molecule has 0 spiro atoms. The van der Waals surface area contributed by atoms with Crippen LogP contribution in [0.3, 0.4) is 0 Å². The van der Waals surface area contributed by atoms with E-state index in [0.717, 1.165) is 11.8 Å². The first-order valence-corrected chi connectivity index (χ1v) is 10.9. The van der Waals surface area contributed by atoms with Gasteiger partial charge in [-0.05, 0) is 0 Å². The molecule has 0 unspecified atom stereocenters. The Morgan fingerprint density at radius 1 is 0.909 bits per heavy atom. The van der Waals surface area contributed by atoms with E-state index < -0.39 is 0 Å². The fraction of sp³-hybridized carbons (Fsp3) is 0.684. The molecule has 1 nitrogen and oxygen atoms in total. The quantitative estimate of drug-likeness (QED) is 0.541. The Hall–Kier alpha value is 0.280. The summed E-state index contributed by atoms with van der Waals surface area (Å²) in [7, 11) is 4.22. The number of hydrogen-bond donors (Lipinski definition) is 0. The van der Waals surface area contributed by atoms with E-state index in [9.17, 15) is 0 Å². The van der Waals surface area contributed by atoms with Crippen LogP contribution in [0.5, 0.6) is 0 Å². The maximum absolute atomic E-state index is 4.06. The van der Waals surface area contributed by atoms with Gasteiger partial charge in [0.05, 0.1) is 0 Å². The second kappa shape index (κ2) is 10.2. The van der Waals surface area contributed by atoms with E-state index in [1.165, 1.54) is 96.0 Å². The first-order chi connectivity index (χ1) is 10.8. The van der Waals surface area contributed by atoms with E-state index in [0.29, 0.717) is 0 Å². The average Bonchev–Trinajstić information content (AvgIpc) is 2.57. The summed E-state index contributed by atoms with van der Waals surface area (Å²) in [5, 5.41) is 0. The van der Waals surface area contributed by atoms with Crippen LogP contribution in [0.4, 0.5) is 0 Å². The second-order valence-electron chi connectivity index (χ2n) is 6.65. The summed E-state index contributed by atoms with van der Waals surface area (Å²) >= 11 is 1.45. The van der Waals surface area contributed by atoms with Gasteiger partial charge in [0.15, 0.2) is 0 Å². The molecule has 0 aliphatic heterocycles. The predicted octanol–water partition coefficient (Wildman–Crippen LogP) is 4.29. The molecule has 2 fully saturated rings. The molecule has 5 radical (unpaired) electrons. The topological polar surface area (TPSA) is 9.23 Å². The molecule has 0 aromatic heterocycles. The number of hydrogen-bond acceptors (Lipinski definition) is 1. The van der Waals surface area contributed by atoms with Crippen LogP contribution < -0.4 is 3.27 Å². The summed E-state index contributed by atoms with van der Waals surface area (Å²) in [6.45, 7) is 0. The molecule has 0 heterocycles. The molecule has 2 saturated carbocycles. The van der Waals surface area contributed by atoms with Crippen molar-refractivity contribution in [3.8, 4) is 0 Å². The molecular formula is C19H28BiOSi. The molecule has 119 valence electrons. The summed E-state index contributed by atoms with van der Waals surface area (Å²) in [6, 6.07) is 7.19. The van der Waals surface area contributed by atoms with Crippen LogP contribution in [0.15, 0.2) is 18.2 Å². The second-order valence-corrected chi connectivity index (χ2v) is 8.94. The van der Waals surface area contributed by atoms with E-state index >= 15 is 0 Å². The SMILES string of the molecule is CO[Si].[Bi][c]1cccc(C2CCCCC2)c1C1CCCCC1. The molecule has 0 atom stereocenters. The Bertz CT molecular complexity index is 437. The van der Waals surface area contributed by atoms with Crippen LogP contribution in [0.25, 0.3) is 0 Å². The molecule has 0 saturated heterocycles. The van der Waals surface area contributed by atoms with Crippen molar-refractivity contribution < 1.29 is 4.43 Å². The van der Waals surface area contributed by atoms with Crippen LogP contribution in [0.1, 0.15) is 87.2 Å². The van der Waals surface area contributed by atoms with Crippen molar-refractivity contribution in [2.45, 2.75) is 76.0 Å². The molecule has 3 heteroatoms. The minimum atomic E-state index is 0.884. The Morgan fingerprint density at radius 2 is 1.41 bits per heavy atom. The van der Waals surface area contributed by atoms with Gasteiger partial charge in [-0.1, -0.05) is 0 Å². The van der Waals surface area contributed by atoms with Crippen molar-refractivity contribution >= 4 is 38.5 Å². The molecule has 1 aromatic rings. The van der Waals surface area contributed by atoms with Gasteiger partial charge >= 0.3 is 133 Å². The van der Waals surface area contributed by atoms with Crippen molar-refractivity contribution in [3.63, 3.8) is 0 Å². The zero-order valence-electron chi connectivity index (χ0n) is 13.8. The first-order valence-electron chi connectivity index (χ1n) is 8.79. The van der Waals surface area contributed by atoms with Crippen LogP contribution >= 0.6 is 0 Å². The molecule has 0 N–H and O–H groups in total. The van der Waals surface area contributed by atoms with Gasteiger partial charge in [-0.2, -0.15) is 0 Å². The third-order valence-electron chi connectivity index (χ3n) is 5.18. The van der Waals surface area contributed by atoms with Gasteiger partial charge in [-0.25, -0.2) is 0 Å². The first kappa shape index (κ1) is 18.6. The van der Waals surface area contributed by atoms with Crippen LogP contribution in [0, 0.1) is 0 Å². The maximum atomic E-state index is 4.06. The van der Waals surface area contributed by atoms with Gasteiger partial charge < -0.3 is 4.43 Å². The fourth-order valence-electron chi connectivity index (χ4n) is 4.18. The van der Waals surface area contributed by atoms with E-state index in [2.05, 4.69) is 33.1 Å². The van der Waals surface area contributed by atoms with Crippen molar-refractivity contribution in [1.82, 2.24) is 0 Å². The molecule has 2 aliphatic carbocycles. The number of rotatable bonds is 2. The van der Waals surface area contributed by atoms with Crippen molar-refractivity contribution in [3.05, 3.63) is 29.3 Å². The average molecular weight is 509 g/mol. The summed E-state index contributed by atoms with van der Waals surface area (Å²) in [5.41, 5.74) is 3.56. The van der Waals surface area contributed by atoms with Gasteiger partial charge in [0.25, 0.3) is 0 Å². The van der Waals surface area contributed by atoms with E-state index in [-0.39, 0.29) is 0 Å². The molecule has 0 bridgehead atoms. The predicted molar refractivity (Wildman–Crippen MR) is 96.2 cm³/mol. The van der Waals surface area contributed by atoms with Crippen LogP contribution in [-0.2, 0) is 4.43 Å². The standard InChI is InChI=1S/C18H25.CH3OSi.Bi/c1-3-9-15(10-4-1)17-13-7-8-14-18(17)16-11-5-2-6-12-16;1-2-3;/h7-8,13,15-16H,1-6,9-12H2;1H3;. The normalized spacial score (nSPS) is 20.3. The molecule has 3 rings (SSSR count). The summed E-state index contributed by atoms with van der Waals surface area (Å²) in [4.78, 5) is 0.